The molecule has 0 spiro atoms. The summed E-state index contributed by atoms with van der Waals surface area (Å²) in [7, 11) is -3.91. The fourth-order valence-corrected chi connectivity index (χ4v) is 6.18. The number of ketones is 1. The van der Waals surface area contributed by atoms with Crippen molar-refractivity contribution in [3.63, 3.8) is 0 Å². The number of sulfonamides is 1. The lowest BCUT2D eigenvalue weighted by molar-refractivity contribution is 0.101. The Morgan fingerprint density at radius 2 is 1.95 bits per heavy atom. The molecule has 1 heterocycles. The molecule has 0 fully saturated rings. The van der Waals surface area contributed by atoms with Crippen LogP contribution < -0.4 is 4.72 Å². The summed E-state index contributed by atoms with van der Waals surface area (Å²) in [5.74, 6) is -0.158. The van der Waals surface area contributed by atoms with Crippen LogP contribution in [0, 0.1) is 0 Å². The van der Waals surface area contributed by atoms with Gasteiger partial charge in [-0.05, 0) is 35.0 Å². The van der Waals surface area contributed by atoms with Crippen LogP contribution in [0.4, 0.5) is 5.69 Å². The zero-order valence-corrected chi connectivity index (χ0v) is 15.2. The monoisotopic (exact) mass is 427 g/mol. The van der Waals surface area contributed by atoms with Gasteiger partial charge in [0.25, 0.3) is 10.0 Å². The lowest BCUT2D eigenvalue weighted by Crippen LogP contribution is -2.13. The van der Waals surface area contributed by atoms with Gasteiger partial charge in [0.1, 0.15) is 13.6 Å². The molecule has 21 heavy (non-hydrogen) atoms. The third-order valence-electron chi connectivity index (χ3n) is 2.52. The fraction of sp³-hybridized carbons (Fsp3) is 0.0833. The number of Topliss-reactive ketones (excluding diaryl/α,β-unsaturated/α-hetero) is 1. The van der Waals surface area contributed by atoms with E-state index >= 15 is 0 Å². The molecule has 0 radical (unpaired) electrons. The van der Waals surface area contributed by atoms with E-state index in [1.54, 1.807) is 18.2 Å². The molecule has 0 amide bonds. The van der Waals surface area contributed by atoms with Crippen molar-refractivity contribution in [1.82, 2.24) is 0 Å². The lowest BCUT2D eigenvalue weighted by Gasteiger charge is -2.08. The summed E-state index contributed by atoms with van der Waals surface area (Å²) >= 11 is 15.8. The standard InChI is InChI=1S/C12H8BrCl2NO3S2/c1-6(17)7-3-2-4-8(5-7)16-21(18,19)10-9(13)11(14)20-12(10)15/h2-5,16H,1H3. The molecule has 4 nitrogen and oxygen atoms in total. The number of carbonyl (C=O) groups excluding carboxylic acids is 1. The summed E-state index contributed by atoms with van der Waals surface area (Å²) in [5, 5.41) is 0. The fourth-order valence-electron chi connectivity index (χ4n) is 1.58. The van der Waals surface area contributed by atoms with Crippen LogP contribution in [0.2, 0.25) is 8.67 Å². The van der Waals surface area contributed by atoms with E-state index in [0.29, 0.717) is 5.56 Å². The Bertz CT molecular complexity index is 818. The SMILES string of the molecule is CC(=O)c1cccc(NS(=O)(=O)c2c(Cl)sc(Cl)c2Br)c1. The molecule has 9 heteroatoms. The minimum absolute atomic E-state index is 0.0575. The molecule has 112 valence electrons. The van der Waals surface area contributed by atoms with Crippen LogP contribution in [0.1, 0.15) is 17.3 Å². The van der Waals surface area contributed by atoms with Gasteiger partial charge in [-0.15, -0.1) is 11.3 Å². The average molecular weight is 429 g/mol. The van der Waals surface area contributed by atoms with Crippen molar-refractivity contribution < 1.29 is 13.2 Å². The first kappa shape index (κ1) is 16.8. The molecule has 0 saturated heterocycles. The quantitative estimate of drug-likeness (QED) is 0.710. The van der Waals surface area contributed by atoms with Gasteiger partial charge in [0.05, 0.1) is 4.47 Å². The number of thiophene rings is 1. The van der Waals surface area contributed by atoms with Gasteiger partial charge in [0.2, 0.25) is 0 Å². The number of anilines is 1. The zero-order valence-electron chi connectivity index (χ0n) is 10.5. The van der Waals surface area contributed by atoms with Gasteiger partial charge in [0.15, 0.2) is 5.78 Å². The second-order valence-corrected chi connectivity index (χ2v) is 8.67. The van der Waals surface area contributed by atoms with Crippen LogP contribution in [0.15, 0.2) is 33.6 Å². The maximum atomic E-state index is 12.4. The topological polar surface area (TPSA) is 63.2 Å². The second-order valence-electron chi connectivity index (χ2n) is 4.04. The summed E-state index contributed by atoms with van der Waals surface area (Å²) in [4.78, 5) is 11.2. The van der Waals surface area contributed by atoms with E-state index in [1.165, 1.54) is 13.0 Å². The van der Waals surface area contributed by atoms with E-state index in [2.05, 4.69) is 20.7 Å². The van der Waals surface area contributed by atoms with Crippen molar-refractivity contribution in [3.05, 3.63) is 43.0 Å². The second kappa shape index (κ2) is 6.26. The molecule has 0 aliphatic heterocycles. The summed E-state index contributed by atoms with van der Waals surface area (Å²) < 4.78 is 27.7. The first-order valence-electron chi connectivity index (χ1n) is 5.49. The molecule has 1 N–H and O–H groups in total. The van der Waals surface area contributed by atoms with Crippen molar-refractivity contribution in [1.29, 1.82) is 0 Å². The Balaban J connectivity index is 2.42. The van der Waals surface area contributed by atoms with E-state index in [0.717, 1.165) is 11.3 Å². The lowest BCUT2D eigenvalue weighted by atomic mass is 10.1. The first-order chi connectivity index (χ1) is 9.72. The first-order valence-corrected chi connectivity index (χ1v) is 9.34. The molecule has 0 bridgehead atoms. The van der Waals surface area contributed by atoms with Gasteiger partial charge in [-0.3, -0.25) is 9.52 Å². The van der Waals surface area contributed by atoms with Gasteiger partial charge in [-0.25, -0.2) is 8.42 Å². The zero-order chi connectivity index (χ0) is 15.8. The van der Waals surface area contributed by atoms with Gasteiger partial charge in [-0.2, -0.15) is 0 Å². The third-order valence-corrected chi connectivity index (χ3v) is 7.36. The summed E-state index contributed by atoms with van der Waals surface area (Å²) in [5.41, 5.74) is 0.678. The van der Waals surface area contributed by atoms with Crippen molar-refractivity contribution in [3.8, 4) is 0 Å². The van der Waals surface area contributed by atoms with Crippen LogP contribution >= 0.6 is 50.5 Å². The summed E-state index contributed by atoms with van der Waals surface area (Å²) in [6, 6.07) is 6.19. The molecule has 2 aromatic rings. The molecule has 0 aliphatic rings. The number of hydrogen-bond donors (Lipinski definition) is 1. The maximum absolute atomic E-state index is 12.4. The highest BCUT2D eigenvalue weighted by molar-refractivity contribution is 9.10. The Labute approximate surface area is 144 Å². The molecule has 0 aliphatic carbocycles. The molecule has 0 atom stereocenters. The smallest absolute Gasteiger partial charge is 0.265 e. The van der Waals surface area contributed by atoms with E-state index in [4.69, 9.17) is 23.2 Å². The van der Waals surface area contributed by atoms with Crippen molar-refractivity contribution in [2.45, 2.75) is 11.8 Å². The van der Waals surface area contributed by atoms with Gasteiger partial charge in [-0.1, -0.05) is 35.3 Å². The third kappa shape index (κ3) is 3.60. The normalized spacial score (nSPS) is 11.4. The van der Waals surface area contributed by atoms with Crippen LogP contribution in [-0.4, -0.2) is 14.2 Å². The Hall–Kier alpha value is -0.600. The van der Waals surface area contributed by atoms with E-state index in [9.17, 15) is 13.2 Å². The van der Waals surface area contributed by atoms with Crippen LogP contribution in [0.5, 0.6) is 0 Å². The highest BCUT2D eigenvalue weighted by Gasteiger charge is 2.26. The van der Waals surface area contributed by atoms with Crippen molar-refractivity contribution >= 4 is 72.0 Å². The number of nitrogens with one attached hydrogen (secondary N) is 1. The predicted molar refractivity (Wildman–Crippen MR) is 89.3 cm³/mol. The predicted octanol–water partition coefficient (Wildman–Crippen LogP) is 4.82. The van der Waals surface area contributed by atoms with Crippen molar-refractivity contribution in [2.24, 2.45) is 0 Å². The van der Waals surface area contributed by atoms with Crippen LogP contribution in [0.3, 0.4) is 0 Å². The molecule has 0 unspecified atom stereocenters. The maximum Gasteiger partial charge on any atom is 0.265 e. The van der Waals surface area contributed by atoms with Gasteiger partial charge >= 0.3 is 0 Å². The van der Waals surface area contributed by atoms with Gasteiger partial charge < -0.3 is 0 Å². The number of benzene rings is 1. The highest BCUT2D eigenvalue weighted by Crippen LogP contribution is 2.43. The Morgan fingerprint density at radius 1 is 1.29 bits per heavy atom. The van der Waals surface area contributed by atoms with E-state index in [1.807, 2.05) is 0 Å². The number of halogens is 3. The van der Waals surface area contributed by atoms with Crippen LogP contribution in [-0.2, 0) is 10.0 Å². The van der Waals surface area contributed by atoms with E-state index < -0.39 is 10.0 Å². The summed E-state index contributed by atoms with van der Waals surface area (Å²) in [6.07, 6.45) is 0. The highest BCUT2D eigenvalue weighted by atomic mass is 79.9. The van der Waals surface area contributed by atoms with E-state index in [-0.39, 0.29) is 29.5 Å². The molecular formula is C12H8BrCl2NO3S2. The molecule has 0 saturated carbocycles. The number of hydrogen-bond acceptors (Lipinski definition) is 4. The number of rotatable bonds is 4. The minimum Gasteiger partial charge on any atom is -0.295 e. The van der Waals surface area contributed by atoms with Crippen LogP contribution in [0.25, 0.3) is 0 Å². The molecule has 1 aromatic carbocycles. The number of carbonyl (C=O) groups is 1. The van der Waals surface area contributed by atoms with Gasteiger partial charge in [0, 0.05) is 11.3 Å². The van der Waals surface area contributed by atoms with Crippen molar-refractivity contribution in [2.75, 3.05) is 4.72 Å². The Kier molecular flexibility index (Phi) is 4.99. The summed E-state index contributed by atoms with van der Waals surface area (Å²) in [6.45, 7) is 1.40. The minimum atomic E-state index is -3.91. The average Bonchev–Trinajstić information content (AvgIpc) is 2.63. The molecular weight excluding hydrogens is 421 g/mol. The largest absolute Gasteiger partial charge is 0.295 e. The Morgan fingerprint density at radius 3 is 2.48 bits per heavy atom. The molecule has 1 aromatic heterocycles. The molecule has 2 rings (SSSR count).